The van der Waals surface area contributed by atoms with Crippen LogP contribution in [0.1, 0.15) is 40.5 Å². The first-order chi connectivity index (χ1) is 11.8. The summed E-state index contributed by atoms with van der Waals surface area (Å²) in [5, 5.41) is 4.38. The van der Waals surface area contributed by atoms with Gasteiger partial charge in [0.15, 0.2) is 0 Å². The number of amides is 1. The van der Waals surface area contributed by atoms with Gasteiger partial charge in [-0.1, -0.05) is 18.2 Å². The SMILES string of the molecule is COc1ccc2[nH]c3c(c2c1)CCC[C@H]3NC(=O)c1ccccc1. The van der Waals surface area contributed by atoms with Crippen molar-refractivity contribution in [3.8, 4) is 5.75 Å². The van der Waals surface area contributed by atoms with E-state index in [1.54, 1.807) is 7.11 Å². The Kier molecular flexibility index (Phi) is 3.73. The summed E-state index contributed by atoms with van der Waals surface area (Å²) in [4.78, 5) is 16.0. The topological polar surface area (TPSA) is 54.1 Å². The Hall–Kier alpha value is -2.75. The average molecular weight is 320 g/mol. The highest BCUT2D eigenvalue weighted by atomic mass is 16.5. The van der Waals surface area contributed by atoms with Crippen LogP contribution in [0.3, 0.4) is 0 Å². The predicted octanol–water partition coefficient (Wildman–Crippen LogP) is 3.98. The van der Waals surface area contributed by atoms with Crippen molar-refractivity contribution in [2.45, 2.75) is 25.3 Å². The first kappa shape index (κ1) is 14.8. The fourth-order valence-electron chi connectivity index (χ4n) is 3.54. The molecule has 0 radical (unpaired) electrons. The van der Waals surface area contributed by atoms with E-state index in [1.807, 2.05) is 42.5 Å². The van der Waals surface area contributed by atoms with E-state index in [4.69, 9.17) is 4.74 Å². The van der Waals surface area contributed by atoms with Gasteiger partial charge in [-0.05, 0) is 55.2 Å². The van der Waals surface area contributed by atoms with Crippen LogP contribution in [-0.4, -0.2) is 18.0 Å². The summed E-state index contributed by atoms with van der Waals surface area (Å²) < 4.78 is 5.35. The lowest BCUT2D eigenvalue weighted by Crippen LogP contribution is -2.31. The molecular weight excluding hydrogens is 300 g/mol. The number of hydrogen-bond donors (Lipinski definition) is 2. The molecule has 1 aliphatic rings. The summed E-state index contributed by atoms with van der Waals surface area (Å²) in [6.45, 7) is 0. The van der Waals surface area contributed by atoms with Crippen molar-refractivity contribution in [3.05, 3.63) is 65.4 Å². The molecule has 1 amide bonds. The lowest BCUT2D eigenvalue weighted by molar-refractivity contribution is 0.0932. The Morgan fingerprint density at radius 3 is 2.83 bits per heavy atom. The Morgan fingerprint density at radius 2 is 2.04 bits per heavy atom. The summed E-state index contributed by atoms with van der Waals surface area (Å²) in [6.07, 6.45) is 3.05. The van der Waals surface area contributed by atoms with Gasteiger partial charge in [0.1, 0.15) is 5.75 Å². The smallest absolute Gasteiger partial charge is 0.251 e. The highest BCUT2D eigenvalue weighted by Crippen LogP contribution is 2.36. The third-order valence-electron chi connectivity index (χ3n) is 4.76. The third kappa shape index (κ3) is 2.54. The number of aryl methyl sites for hydroxylation is 1. The van der Waals surface area contributed by atoms with Crippen molar-refractivity contribution in [1.29, 1.82) is 0 Å². The van der Waals surface area contributed by atoms with Gasteiger partial charge in [-0.3, -0.25) is 4.79 Å². The van der Waals surface area contributed by atoms with Crippen molar-refractivity contribution in [3.63, 3.8) is 0 Å². The first-order valence-electron chi connectivity index (χ1n) is 8.30. The Labute approximate surface area is 140 Å². The van der Waals surface area contributed by atoms with Crippen molar-refractivity contribution in [2.24, 2.45) is 0 Å². The maximum Gasteiger partial charge on any atom is 0.251 e. The van der Waals surface area contributed by atoms with Crippen molar-refractivity contribution in [1.82, 2.24) is 10.3 Å². The number of methoxy groups -OCH3 is 1. The number of rotatable bonds is 3. The molecule has 0 saturated carbocycles. The number of nitrogens with one attached hydrogen (secondary N) is 2. The maximum absolute atomic E-state index is 12.5. The second kappa shape index (κ2) is 6.04. The van der Waals surface area contributed by atoms with Crippen molar-refractivity contribution < 1.29 is 9.53 Å². The quantitative estimate of drug-likeness (QED) is 0.767. The van der Waals surface area contributed by atoms with Gasteiger partial charge in [0.05, 0.1) is 13.2 Å². The Morgan fingerprint density at radius 1 is 1.21 bits per heavy atom. The van der Waals surface area contributed by atoms with E-state index >= 15 is 0 Å². The van der Waals surface area contributed by atoms with Crippen LogP contribution in [0.4, 0.5) is 0 Å². The Bertz CT molecular complexity index is 883. The molecule has 0 unspecified atom stereocenters. The number of fused-ring (bicyclic) bond motifs is 3. The lowest BCUT2D eigenvalue weighted by atomic mass is 9.91. The van der Waals surface area contributed by atoms with Crippen molar-refractivity contribution >= 4 is 16.8 Å². The number of H-pyrrole nitrogens is 1. The standard InChI is InChI=1S/C20H20N2O2/c1-24-14-10-11-17-16(12-14)15-8-5-9-18(19(15)21-17)22-20(23)13-6-3-2-4-7-13/h2-4,6-7,10-12,18,21H,5,8-9H2,1H3,(H,22,23)/t18-/m1/s1. The number of benzene rings is 2. The molecule has 4 nitrogen and oxygen atoms in total. The van der Waals surface area contributed by atoms with Gasteiger partial charge in [0, 0.05) is 22.2 Å². The molecule has 1 aliphatic carbocycles. The largest absolute Gasteiger partial charge is 0.497 e. The van der Waals surface area contributed by atoms with E-state index in [0.717, 1.165) is 36.2 Å². The van der Waals surface area contributed by atoms with Crippen LogP contribution in [0.25, 0.3) is 10.9 Å². The van der Waals surface area contributed by atoms with Crippen LogP contribution >= 0.6 is 0 Å². The minimum Gasteiger partial charge on any atom is -0.497 e. The fraction of sp³-hybridized carbons (Fsp3) is 0.250. The molecule has 3 aromatic rings. The minimum atomic E-state index is -0.0234. The number of ether oxygens (including phenoxy) is 1. The molecule has 1 heterocycles. The fourth-order valence-corrected chi connectivity index (χ4v) is 3.54. The number of hydrogen-bond acceptors (Lipinski definition) is 2. The summed E-state index contributed by atoms with van der Waals surface area (Å²) in [7, 11) is 1.68. The number of aromatic amines is 1. The molecule has 4 rings (SSSR count). The Balaban J connectivity index is 1.67. The van der Waals surface area contributed by atoms with E-state index in [9.17, 15) is 4.79 Å². The molecule has 24 heavy (non-hydrogen) atoms. The summed E-state index contributed by atoms with van der Waals surface area (Å²) in [6, 6.07) is 15.5. The molecule has 1 atom stereocenters. The second-order valence-electron chi connectivity index (χ2n) is 6.21. The zero-order valence-corrected chi connectivity index (χ0v) is 13.6. The first-order valence-corrected chi connectivity index (χ1v) is 8.30. The number of carbonyl (C=O) groups is 1. The molecule has 2 aromatic carbocycles. The van der Waals surface area contributed by atoms with E-state index in [2.05, 4.69) is 16.4 Å². The van der Waals surface area contributed by atoms with Gasteiger partial charge < -0.3 is 15.0 Å². The summed E-state index contributed by atoms with van der Waals surface area (Å²) in [5.41, 5.74) is 4.23. The highest BCUT2D eigenvalue weighted by Gasteiger charge is 2.26. The van der Waals surface area contributed by atoms with Gasteiger partial charge in [-0.2, -0.15) is 0 Å². The summed E-state index contributed by atoms with van der Waals surface area (Å²) >= 11 is 0. The molecule has 0 aliphatic heterocycles. The molecular formula is C20H20N2O2. The van der Waals surface area contributed by atoms with Gasteiger partial charge in [-0.15, -0.1) is 0 Å². The van der Waals surface area contributed by atoms with Gasteiger partial charge >= 0.3 is 0 Å². The van der Waals surface area contributed by atoms with Crippen LogP contribution < -0.4 is 10.1 Å². The normalized spacial score (nSPS) is 16.6. The van der Waals surface area contributed by atoms with Crippen molar-refractivity contribution in [2.75, 3.05) is 7.11 Å². The number of carbonyl (C=O) groups excluding carboxylic acids is 1. The molecule has 0 fully saturated rings. The zero-order valence-electron chi connectivity index (χ0n) is 13.6. The van der Waals surface area contributed by atoms with Crippen LogP contribution in [-0.2, 0) is 6.42 Å². The molecule has 1 aromatic heterocycles. The van der Waals surface area contributed by atoms with E-state index in [-0.39, 0.29) is 11.9 Å². The minimum absolute atomic E-state index is 0.0234. The zero-order chi connectivity index (χ0) is 16.5. The predicted molar refractivity (Wildman–Crippen MR) is 94.4 cm³/mol. The third-order valence-corrected chi connectivity index (χ3v) is 4.76. The van der Waals surface area contributed by atoms with Gasteiger partial charge in [-0.25, -0.2) is 0 Å². The van der Waals surface area contributed by atoms with Crippen LogP contribution in [0, 0.1) is 0 Å². The molecule has 0 saturated heterocycles. The van der Waals surface area contributed by atoms with E-state index in [1.165, 1.54) is 10.9 Å². The lowest BCUT2D eigenvalue weighted by Gasteiger charge is -2.24. The summed E-state index contributed by atoms with van der Waals surface area (Å²) in [5.74, 6) is 0.837. The van der Waals surface area contributed by atoms with Gasteiger partial charge in [0.25, 0.3) is 5.91 Å². The van der Waals surface area contributed by atoms with Crippen LogP contribution in [0.15, 0.2) is 48.5 Å². The molecule has 2 N–H and O–H groups in total. The van der Waals surface area contributed by atoms with E-state index < -0.39 is 0 Å². The molecule has 4 heteroatoms. The molecule has 122 valence electrons. The average Bonchev–Trinajstić information content (AvgIpc) is 3.01. The maximum atomic E-state index is 12.5. The molecule has 0 spiro atoms. The highest BCUT2D eigenvalue weighted by molar-refractivity contribution is 5.94. The van der Waals surface area contributed by atoms with Crippen LogP contribution in [0.5, 0.6) is 5.75 Å². The van der Waals surface area contributed by atoms with Gasteiger partial charge in [0.2, 0.25) is 0 Å². The number of aromatic nitrogens is 1. The van der Waals surface area contributed by atoms with E-state index in [0.29, 0.717) is 5.56 Å². The molecule has 0 bridgehead atoms. The van der Waals surface area contributed by atoms with Crippen LogP contribution in [0.2, 0.25) is 0 Å². The second-order valence-corrected chi connectivity index (χ2v) is 6.21. The monoisotopic (exact) mass is 320 g/mol.